The highest BCUT2D eigenvalue weighted by atomic mass is 19.4. The van der Waals surface area contributed by atoms with Crippen LogP contribution in [-0.2, 0) is 9.53 Å². The van der Waals surface area contributed by atoms with Crippen LogP contribution in [0.3, 0.4) is 0 Å². The second-order valence-corrected chi connectivity index (χ2v) is 2.23. The smallest absolute Gasteiger partial charge is 0.430 e. The quantitative estimate of drug-likeness (QED) is 0.560. The van der Waals surface area contributed by atoms with Gasteiger partial charge in [-0.1, -0.05) is 0 Å². The Morgan fingerprint density at radius 2 is 2.14 bits per heavy atom. The molecule has 0 saturated heterocycles. The molecular formula is C7H7F3N2O2. The van der Waals surface area contributed by atoms with Gasteiger partial charge >= 0.3 is 12.1 Å². The molecule has 7 heteroatoms. The predicted molar refractivity (Wildman–Crippen MR) is 39.5 cm³/mol. The van der Waals surface area contributed by atoms with Crippen molar-refractivity contribution in [1.82, 2.24) is 0 Å². The molecule has 0 aromatic rings. The summed E-state index contributed by atoms with van der Waals surface area (Å²) >= 11 is 0. The van der Waals surface area contributed by atoms with E-state index in [1.165, 1.54) is 6.92 Å². The van der Waals surface area contributed by atoms with E-state index in [4.69, 9.17) is 10.7 Å². The Bertz CT molecular complexity index is 280. The Morgan fingerprint density at radius 1 is 1.64 bits per heavy atom. The summed E-state index contributed by atoms with van der Waals surface area (Å²) in [6, 6.07) is 1.07. The van der Waals surface area contributed by atoms with Crippen molar-refractivity contribution in [2.24, 2.45) is 5.92 Å². The molecule has 1 N–H and O–H groups in total. The first-order valence-corrected chi connectivity index (χ1v) is 3.56. The van der Waals surface area contributed by atoms with Crippen LogP contribution >= 0.6 is 0 Å². The first kappa shape index (κ1) is 12.4. The van der Waals surface area contributed by atoms with Crippen molar-refractivity contribution in [3.63, 3.8) is 0 Å². The Morgan fingerprint density at radius 3 is 2.43 bits per heavy atom. The van der Waals surface area contributed by atoms with Gasteiger partial charge in [-0.25, -0.2) is 0 Å². The monoisotopic (exact) mass is 208 g/mol. The molecule has 1 atom stereocenters. The van der Waals surface area contributed by atoms with Gasteiger partial charge < -0.3 is 4.74 Å². The average Bonchev–Trinajstić information content (AvgIpc) is 2.04. The van der Waals surface area contributed by atoms with Crippen molar-refractivity contribution in [3.05, 3.63) is 0 Å². The van der Waals surface area contributed by atoms with Crippen LogP contribution in [0.5, 0.6) is 0 Å². The Labute approximate surface area is 77.8 Å². The first-order valence-electron chi connectivity index (χ1n) is 3.56. The van der Waals surface area contributed by atoms with Crippen molar-refractivity contribution in [2.45, 2.75) is 13.1 Å². The summed E-state index contributed by atoms with van der Waals surface area (Å²) in [6.45, 7) is 1.26. The molecule has 0 aromatic carbocycles. The molecule has 0 aliphatic heterocycles. The first-order chi connectivity index (χ1) is 6.34. The van der Waals surface area contributed by atoms with Crippen LogP contribution in [0.1, 0.15) is 6.92 Å². The number of ether oxygens (including phenoxy) is 1. The zero-order valence-electron chi connectivity index (χ0n) is 7.18. The van der Waals surface area contributed by atoms with Crippen LogP contribution < -0.4 is 0 Å². The molecule has 4 nitrogen and oxygen atoms in total. The van der Waals surface area contributed by atoms with Crippen LogP contribution in [0, 0.1) is 22.7 Å². The second kappa shape index (κ2) is 4.60. The molecule has 0 aliphatic carbocycles. The van der Waals surface area contributed by atoms with E-state index in [9.17, 15) is 18.0 Å². The summed E-state index contributed by atoms with van der Waals surface area (Å²) < 4.78 is 39.9. The van der Waals surface area contributed by atoms with Crippen molar-refractivity contribution in [1.29, 1.82) is 10.7 Å². The highest BCUT2D eigenvalue weighted by Crippen LogP contribution is 2.21. The Kier molecular flexibility index (Phi) is 4.08. The molecule has 14 heavy (non-hydrogen) atoms. The van der Waals surface area contributed by atoms with Crippen LogP contribution in [0.2, 0.25) is 0 Å². The summed E-state index contributed by atoms with van der Waals surface area (Å²) in [5.74, 6) is -3.55. The summed E-state index contributed by atoms with van der Waals surface area (Å²) in [5, 5.41) is 14.8. The summed E-state index contributed by atoms with van der Waals surface area (Å²) in [7, 11) is 0. The van der Waals surface area contributed by atoms with Crippen LogP contribution in [0.4, 0.5) is 13.2 Å². The number of nitrogens with one attached hydrogen (secondary N) is 1. The molecule has 78 valence electrons. The number of hydrogen-bond donors (Lipinski definition) is 1. The maximum atomic E-state index is 11.9. The molecule has 0 radical (unpaired) electrons. The molecule has 0 amide bonds. The van der Waals surface area contributed by atoms with Gasteiger partial charge in [0, 0.05) is 0 Å². The number of hydrogen-bond acceptors (Lipinski definition) is 4. The lowest BCUT2D eigenvalue weighted by atomic mass is 10.1. The molecule has 0 spiro atoms. The molecule has 0 saturated carbocycles. The van der Waals surface area contributed by atoms with Gasteiger partial charge in [0.05, 0.1) is 12.7 Å². The van der Waals surface area contributed by atoms with E-state index < -0.39 is 23.8 Å². The van der Waals surface area contributed by atoms with Gasteiger partial charge in [0.1, 0.15) is 5.71 Å². The maximum absolute atomic E-state index is 11.9. The van der Waals surface area contributed by atoms with Gasteiger partial charge in [-0.3, -0.25) is 10.2 Å². The predicted octanol–water partition coefficient (Wildman–Crippen LogP) is 1.27. The van der Waals surface area contributed by atoms with Gasteiger partial charge in [0.15, 0.2) is 5.92 Å². The van der Waals surface area contributed by atoms with Crippen LogP contribution in [-0.4, -0.2) is 24.5 Å². The zero-order valence-corrected chi connectivity index (χ0v) is 7.18. The summed E-state index contributed by atoms with van der Waals surface area (Å²) in [5.41, 5.74) is -1.90. The third kappa shape index (κ3) is 3.05. The third-order valence-corrected chi connectivity index (χ3v) is 1.25. The minimum atomic E-state index is -4.98. The highest BCUT2D eigenvalue weighted by molar-refractivity contribution is 6.05. The molecule has 1 unspecified atom stereocenters. The Hall–Kier alpha value is -1.58. The van der Waals surface area contributed by atoms with Gasteiger partial charge in [0.25, 0.3) is 0 Å². The third-order valence-electron chi connectivity index (χ3n) is 1.25. The van der Waals surface area contributed by atoms with E-state index in [1.807, 2.05) is 0 Å². The number of nitriles is 1. The zero-order chi connectivity index (χ0) is 11.4. The number of halogens is 3. The number of carbonyl (C=O) groups is 1. The molecule has 0 fully saturated rings. The van der Waals surface area contributed by atoms with Crippen LogP contribution in [0.25, 0.3) is 0 Å². The van der Waals surface area contributed by atoms with E-state index in [2.05, 4.69) is 4.74 Å². The Balaban J connectivity index is 4.68. The van der Waals surface area contributed by atoms with Gasteiger partial charge in [-0.2, -0.15) is 18.4 Å². The average molecular weight is 208 g/mol. The van der Waals surface area contributed by atoms with Gasteiger partial charge in [-0.15, -0.1) is 0 Å². The molecule has 0 heterocycles. The lowest BCUT2D eigenvalue weighted by Crippen LogP contribution is -2.34. The fourth-order valence-corrected chi connectivity index (χ4v) is 0.624. The normalized spacial score (nSPS) is 12.8. The fraction of sp³-hybridized carbons (Fsp3) is 0.571. The van der Waals surface area contributed by atoms with Gasteiger partial charge in [0.2, 0.25) is 0 Å². The van der Waals surface area contributed by atoms with E-state index in [-0.39, 0.29) is 6.61 Å². The molecule has 0 bridgehead atoms. The molecule has 0 rings (SSSR count). The minimum Gasteiger partial charge on any atom is -0.465 e. The van der Waals surface area contributed by atoms with Crippen molar-refractivity contribution < 1.29 is 22.7 Å². The van der Waals surface area contributed by atoms with Crippen molar-refractivity contribution in [3.8, 4) is 6.07 Å². The number of carbonyl (C=O) groups excluding carboxylic acids is 1. The van der Waals surface area contributed by atoms with E-state index >= 15 is 0 Å². The topological polar surface area (TPSA) is 73.9 Å². The summed E-state index contributed by atoms with van der Waals surface area (Å²) in [6.07, 6.45) is -4.98. The highest BCUT2D eigenvalue weighted by Gasteiger charge is 2.43. The standard InChI is InChI=1S/C7H7F3N2O2/c1-2-14-6(13)4(3-11)5(12)7(8,9)10/h4,12H,2H2,1H3. The molecular weight excluding hydrogens is 201 g/mol. The maximum Gasteiger partial charge on any atom is 0.430 e. The SMILES string of the molecule is CCOC(=O)C(C#N)C(=N)C(F)(F)F. The number of esters is 1. The largest absolute Gasteiger partial charge is 0.465 e. The number of nitrogens with zero attached hydrogens (tertiary/aromatic N) is 1. The second-order valence-electron chi connectivity index (χ2n) is 2.23. The van der Waals surface area contributed by atoms with Crippen molar-refractivity contribution >= 4 is 11.7 Å². The molecule has 0 aromatic heterocycles. The number of rotatable bonds is 3. The minimum absolute atomic E-state index is 0.137. The van der Waals surface area contributed by atoms with E-state index in [1.54, 1.807) is 0 Å². The van der Waals surface area contributed by atoms with Gasteiger partial charge in [-0.05, 0) is 6.92 Å². The van der Waals surface area contributed by atoms with Crippen molar-refractivity contribution in [2.75, 3.05) is 6.61 Å². The number of alkyl halides is 3. The lowest BCUT2D eigenvalue weighted by Gasteiger charge is -2.11. The van der Waals surface area contributed by atoms with Crippen LogP contribution in [0.15, 0.2) is 0 Å². The fourth-order valence-electron chi connectivity index (χ4n) is 0.624. The summed E-state index contributed by atoms with van der Waals surface area (Å²) in [4.78, 5) is 10.8. The molecule has 0 aliphatic rings. The lowest BCUT2D eigenvalue weighted by molar-refractivity contribution is -0.145. The van der Waals surface area contributed by atoms with E-state index in [0.29, 0.717) is 0 Å². The van der Waals surface area contributed by atoms with E-state index in [0.717, 1.165) is 6.07 Å².